The molecule has 2 amide bonds. The van der Waals surface area contributed by atoms with Gasteiger partial charge in [-0.25, -0.2) is 0 Å². The number of amides is 2. The molecule has 0 aliphatic carbocycles. The van der Waals surface area contributed by atoms with Crippen molar-refractivity contribution >= 4 is 41.0 Å². The maximum Gasteiger partial charge on any atom is 0.308 e. The summed E-state index contributed by atoms with van der Waals surface area (Å²) in [6, 6.07) is 4.00. The molecule has 1 fully saturated rings. The van der Waals surface area contributed by atoms with Gasteiger partial charge in [-0.1, -0.05) is 29.3 Å². The van der Waals surface area contributed by atoms with E-state index < -0.39 is 12.0 Å². The number of nitrogens with zero attached hydrogens (tertiary/aromatic N) is 1. The number of piperazine rings is 1. The Kier molecular flexibility index (Phi) is 5.85. The fourth-order valence-corrected chi connectivity index (χ4v) is 2.86. The van der Waals surface area contributed by atoms with E-state index >= 15 is 0 Å². The van der Waals surface area contributed by atoms with Gasteiger partial charge in [0.2, 0.25) is 11.8 Å². The highest BCUT2D eigenvalue weighted by Crippen LogP contribution is 2.22. The minimum Gasteiger partial charge on any atom is -0.469 e. The lowest BCUT2D eigenvalue weighted by Gasteiger charge is -2.34. The third-order valence-corrected chi connectivity index (χ3v) is 4.18. The molecule has 1 aliphatic heterocycles. The Morgan fingerprint density at radius 2 is 2.13 bits per heavy atom. The lowest BCUT2D eigenvalue weighted by Crippen LogP contribution is -2.58. The fourth-order valence-electron chi connectivity index (χ4n) is 2.39. The van der Waals surface area contributed by atoms with E-state index in [1.54, 1.807) is 18.2 Å². The number of nitrogens with one attached hydrogen (secondary N) is 1. The molecule has 0 saturated carbocycles. The van der Waals surface area contributed by atoms with E-state index in [0.29, 0.717) is 28.7 Å². The van der Waals surface area contributed by atoms with Crippen LogP contribution in [-0.2, 0) is 25.5 Å². The van der Waals surface area contributed by atoms with Crippen LogP contribution in [0.2, 0.25) is 10.0 Å². The normalized spacial score (nSPS) is 17.6. The molecule has 1 aliphatic rings. The second-order valence-corrected chi connectivity index (χ2v) is 5.93. The predicted molar refractivity (Wildman–Crippen MR) is 85.3 cm³/mol. The number of carbonyl (C=O) groups excluding carboxylic acids is 3. The third-order valence-electron chi connectivity index (χ3n) is 3.60. The van der Waals surface area contributed by atoms with Gasteiger partial charge < -0.3 is 15.0 Å². The Morgan fingerprint density at radius 1 is 1.39 bits per heavy atom. The molecule has 2 rings (SSSR count). The number of hydrogen-bond donors (Lipinski definition) is 1. The fraction of sp³-hybridized carbons (Fsp3) is 0.400. The Bertz CT molecular complexity index is 636. The van der Waals surface area contributed by atoms with Crippen LogP contribution in [0.25, 0.3) is 0 Å². The quantitative estimate of drug-likeness (QED) is 0.826. The van der Waals surface area contributed by atoms with Gasteiger partial charge in [0, 0.05) is 23.1 Å². The largest absolute Gasteiger partial charge is 0.469 e. The van der Waals surface area contributed by atoms with Crippen molar-refractivity contribution in [2.45, 2.75) is 18.9 Å². The summed E-state index contributed by atoms with van der Waals surface area (Å²) in [6.07, 6.45) is -0.149. The van der Waals surface area contributed by atoms with E-state index in [4.69, 9.17) is 23.2 Å². The van der Waals surface area contributed by atoms with Crippen molar-refractivity contribution in [2.75, 3.05) is 20.2 Å². The van der Waals surface area contributed by atoms with Gasteiger partial charge in [-0.05, 0) is 17.7 Å². The molecule has 0 aromatic heterocycles. The highest BCUT2D eigenvalue weighted by atomic mass is 35.5. The number of carbonyl (C=O) groups is 3. The molecule has 23 heavy (non-hydrogen) atoms. The van der Waals surface area contributed by atoms with Crippen molar-refractivity contribution in [3.05, 3.63) is 33.8 Å². The van der Waals surface area contributed by atoms with E-state index in [0.717, 1.165) is 0 Å². The summed E-state index contributed by atoms with van der Waals surface area (Å²) in [6.45, 7) is 0.675. The van der Waals surface area contributed by atoms with Crippen molar-refractivity contribution in [1.29, 1.82) is 0 Å². The van der Waals surface area contributed by atoms with Crippen molar-refractivity contribution in [3.8, 4) is 0 Å². The van der Waals surface area contributed by atoms with Crippen LogP contribution in [0.3, 0.4) is 0 Å². The molecule has 1 N–H and O–H groups in total. The molecule has 1 heterocycles. The average molecular weight is 359 g/mol. The summed E-state index contributed by atoms with van der Waals surface area (Å²) in [5.41, 5.74) is 0.615. The molecular weight excluding hydrogens is 343 g/mol. The van der Waals surface area contributed by atoms with Gasteiger partial charge in [-0.2, -0.15) is 0 Å². The second kappa shape index (κ2) is 7.66. The van der Waals surface area contributed by atoms with Crippen molar-refractivity contribution < 1.29 is 19.1 Å². The standard InChI is InChI=1S/C15H16Cl2N2O4/c1-23-14(21)8-12-15(22)18-4-5-19(12)13(20)6-9-2-3-10(16)7-11(9)17/h2-3,7,12H,4-6,8H2,1H3,(H,18,22)/t12-/m0/s1. The number of ether oxygens (including phenoxy) is 1. The van der Waals surface area contributed by atoms with Gasteiger partial charge >= 0.3 is 5.97 Å². The molecule has 6 nitrogen and oxygen atoms in total. The summed E-state index contributed by atoms with van der Waals surface area (Å²) in [5, 5.41) is 3.51. The Labute approximate surface area is 143 Å². The summed E-state index contributed by atoms with van der Waals surface area (Å²) < 4.78 is 4.59. The number of halogens is 2. The Hall–Kier alpha value is -1.79. The first-order valence-corrected chi connectivity index (χ1v) is 7.76. The van der Waals surface area contributed by atoms with E-state index in [1.165, 1.54) is 12.0 Å². The molecular formula is C15H16Cl2N2O4. The van der Waals surface area contributed by atoms with Crippen LogP contribution in [0.5, 0.6) is 0 Å². The number of esters is 1. The van der Waals surface area contributed by atoms with Crippen LogP contribution in [0.4, 0.5) is 0 Å². The summed E-state index contributed by atoms with van der Waals surface area (Å²) in [5.74, 6) is -1.19. The number of benzene rings is 1. The maximum absolute atomic E-state index is 12.5. The highest BCUT2D eigenvalue weighted by Gasteiger charge is 2.34. The second-order valence-electron chi connectivity index (χ2n) is 5.09. The average Bonchev–Trinajstić information content (AvgIpc) is 2.51. The zero-order chi connectivity index (χ0) is 17.0. The topological polar surface area (TPSA) is 75.7 Å². The molecule has 0 unspecified atom stereocenters. The van der Waals surface area contributed by atoms with Gasteiger partial charge in [-0.3, -0.25) is 14.4 Å². The van der Waals surface area contributed by atoms with E-state index in [9.17, 15) is 14.4 Å². The minimum atomic E-state index is -0.866. The lowest BCUT2D eigenvalue weighted by molar-refractivity contribution is -0.150. The SMILES string of the molecule is COC(=O)C[C@H]1C(=O)NCCN1C(=O)Cc1ccc(Cl)cc1Cl. The van der Waals surface area contributed by atoms with E-state index in [1.807, 2.05) is 0 Å². The molecule has 1 aromatic rings. The van der Waals surface area contributed by atoms with Gasteiger partial charge in [0.05, 0.1) is 20.0 Å². The highest BCUT2D eigenvalue weighted by molar-refractivity contribution is 6.35. The van der Waals surface area contributed by atoms with Crippen LogP contribution in [0, 0.1) is 0 Å². The predicted octanol–water partition coefficient (Wildman–Crippen LogP) is 1.43. The Morgan fingerprint density at radius 3 is 2.78 bits per heavy atom. The lowest BCUT2D eigenvalue weighted by atomic mass is 10.1. The van der Waals surface area contributed by atoms with E-state index in [-0.39, 0.29) is 24.7 Å². The van der Waals surface area contributed by atoms with Crippen molar-refractivity contribution in [1.82, 2.24) is 10.2 Å². The maximum atomic E-state index is 12.5. The van der Waals surface area contributed by atoms with Gasteiger partial charge in [0.15, 0.2) is 0 Å². The number of rotatable bonds is 4. The van der Waals surface area contributed by atoms with Crippen molar-refractivity contribution in [2.24, 2.45) is 0 Å². The summed E-state index contributed by atoms with van der Waals surface area (Å²) in [7, 11) is 1.24. The monoisotopic (exact) mass is 358 g/mol. The number of hydrogen-bond acceptors (Lipinski definition) is 4. The van der Waals surface area contributed by atoms with Crippen LogP contribution < -0.4 is 5.32 Å². The van der Waals surface area contributed by atoms with Crippen molar-refractivity contribution in [3.63, 3.8) is 0 Å². The summed E-state index contributed by atoms with van der Waals surface area (Å²) >= 11 is 11.9. The van der Waals surface area contributed by atoms with E-state index in [2.05, 4.69) is 10.1 Å². The van der Waals surface area contributed by atoms with Gasteiger partial charge in [0.25, 0.3) is 0 Å². The zero-order valence-electron chi connectivity index (χ0n) is 12.5. The third kappa shape index (κ3) is 4.36. The van der Waals surface area contributed by atoms with Gasteiger partial charge in [-0.15, -0.1) is 0 Å². The molecule has 0 spiro atoms. The molecule has 8 heteroatoms. The van der Waals surface area contributed by atoms with Crippen LogP contribution in [0.1, 0.15) is 12.0 Å². The number of methoxy groups -OCH3 is 1. The molecule has 124 valence electrons. The molecule has 1 atom stereocenters. The van der Waals surface area contributed by atoms with Crippen LogP contribution in [0.15, 0.2) is 18.2 Å². The zero-order valence-corrected chi connectivity index (χ0v) is 14.0. The smallest absolute Gasteiger partial charge is 0.308 e. The van der Waals surface area contributed by atoms with Crippen LogP contribution in [-0.4, -0.2) is 48.9 Å². The summed E-state index contributed by atoms with van der Waals surface area (Å²) in [4.78, 5) is 37.4. The molecule has 1 saturated heterocycles. The first-order chi connectivity index (χ1) is 10.9. The first-order valence-electron chi connectivity index (χ1n) is 7.00. The van der Waals surface area contributed by atoms with Crippen LogP contribution >= 0.6 is 23.2 Å². The Balaban J connectivity index is 2.14. The molecule has 0 bridgehead atoms. The molecule has 1 aromatic carbocycles. The minimum absolute atomic E-state index is 0.0287. The first kappa shape index (κ1) is 17.6. The van der Waals surface area contributed by atoms with Gasteiger partial charge in [0.1, 0.15) is 6.04 Å². The molecule has 0 radical (unpaired) electrons.